The Morgan fingerprint density at radius 2 is 1.79 bits per heavy atom. The van der Waals surface area contributed by atoms with Gasteiger partial charge in [-0.2, -0.15) is 0 Å². The summed E-state index contributed by atoms with van der Waals surface area (Å²) >= 11 is 11.1. The van der Waals surface area contributed by atoms with E-state index in [1.807, 2.05) is 0 Å². The van der Waals surface area contributed by atoms with Gasteiger partial charge in [0.05, 0.1) is 20.5 Å². The Morgan fingerprint density at radius 1 is 1.29 bits per heavy atom. The number of hydrogen-bond acceptors (Lipinski definition) is 4. The minimum absolute atomic E-state index is 0.0113. The molecule has 0 atom stereocenters. The predicted molar refractivity (Wildman–Crippen MR) is 50.3 cm³/mol. The summed E-state index contributed by atoms with van der Waals surface area (Å²) in [6.45, 7) is 0. The molecule has 0 unspecified atom stereocenters. The molecule has 0 bridgehead atoms. The molecule has 5 nitrogen and oxygen atoms in total. The fourth-order valence-corrected chi connectivity index (χ4v) is 1.25. The summed E-state index contributed by atoms with van der Waals surface area (Å²) in [4.78, 5) is 9.70. The number of aliphatic hydroxyl groups excluding tert-OH is 1. The van der Waals surface area contributed by atoms with Gasteiger partial charge in [-0.1, -0.05) is 23.2 Å². The van der Waals surface area contributed by atoms with Gasteiger partial charge in [-0.15, -0.1) is 0 Å². The molecule has 2 N–H and O–H groups in total. The molecular weight excluding hydrogens is 233 g/mol. The van der Waals surface area contributed by atoms with Crippen LogP contribution in [0.4, 0.5) is 5.69 Å². The first-order valence-corrected chi connectivity index (χ1v) is 4.18. The summed E-state index contributed by atoms with van der Waals surface area (Å²) in [6.07, 6.45) is -1.95. The zero-order valence-corrected chi connectivity index (χ0v) is 8.16. The molecule has 0 aliphatic carbocycles. The molecule has 0 amide bonds. The lowest BCUT2D eigenvalue weighted by Gasteiger charge is -2.06. The predicted octanol–water partition coefficient (Wildman–Crippen LogP) is 1.88. The van der Waals surface area contributed by atoms with Crippen molar-refractivity contribution in [1.29, 1.82) is 0 Å². The van der Waals surface area contributed by atoms with Crippen molar-refractivity contribution in [2.24, 2.45) is 0 Å². The average molecular weight is 238 g/mol. The van der Waals surface area contributed by atoms with Gasteiger partial charge in [-0.3, -0.25) is 10.1 Å². The molecule has 1 rings (SSSR count). The molecular formula is C7H5Cl2NO4. The summed E-state index contributed by atoms with van der Waals surface area (Å²) in [6, 6.07) is 2.02. The van der Waals surface area contributed by atoms with Crippen molar-refractivity contribution in [3.8, 4) is 0 Å². The summed E-state index contributed by atoms with van der Waals surface area (Å²) in [5, 5.41) is 28.1. The van der Waals surface area contributed by atoms with E-state index in [1.165, 1.54) is 0 Å². The highest BCUT2D eigenvalue weighted by molar-refractivity contribution is 6.42. The highest BCUT2D eigenvalue weighted by Crippen LogP contribution is 2.32. The number of benzene rings is 1. The molecule has 0 aromatic heterocycles. The number of halogens is 2. The van der Waals surface area contributed by atoms with E-state index in [-0.39, 0.29) is 15.6 Å². The van der Waals surface area contributed by atoms with Gasteiger partial charge in [-0.05, 0) is 6.07 Å². The molecule has 0 saturated carbocycles. The van der Waals surface area contributed by atoms with Crippen molar-refractivity contribution in [3.05, 3.63) is 37.9 Å². The topological polar surface area (TPSA) is 83.6 Å². The van der Waals surface area contributed by atoms with E-state index in [1.54, 1.807) is 0 Å². The van der Waals surface area contributed by atoms with Crippen molar-refractivity contribution in [3.63, 3.8) is 0 Å². The van der Waals surface area contributed by atoms with Crippen LogP contribution in [-0.4, -0.2) is 15.1 Å². The molecule has 1 aromatic rings. The van der Waals surface area contributed by atoms with Crippen molar-refractivity contribution in [1.82, 2.24) is 0 Å². The van der Waals surface area contributed by atoms with E-state index >= 15 is 0 Å². The van der Waals surface area contributed by atoms with Gasteiger partial charge in [0.1, 0.15) is 0 Å². The Labute approximate surface area is 88.6 Å². The highest BCUT2D eigenvalue weighted by atomic mass is 35.5. The second-order valence-corrected chi connectivity index (χ2v) is 3.27. The second-order valence-electron chi connectivity index (χ2n) is 2.46. The maximum absolute atomic E-state index is 10.5. The normalized spacial score (nSPS) is 10.6. The number of hydrogen-bond donors (Lipinski definition) is 2. The lowest BCUT2D eigenvalue weighted by Crippen LogP contribution is -2.01. The van der Waals surface area contributed by atoms with E-state index in [0.29, 0.717) is 0 Å². The third kappa shape index (κ3) is 2.13. The SMILES string of the molecule is O=[N+]([O-])c1cc(Cl)c(Cl)cc1C(O)O. The fraction of sp³-hybridized carbons (Fsp3) is 0.143. The van der Waals surface area contributed by atoms with Crippen LogP contribution in [0.2, 0.25) is 10.0 Å². The first kappa shape index (κ1) is 11.2. The maximum Gasteiger partial charge on any atom is 0.279 e. The van der Waals surface area contributed by atoms with Crippen molar-refractivity contribution < 1.29 is 15.1 Å². The lowest BCUT2D eigenvalue weighted by atomic mass is 10.2. The van der Waals surface area contributed by atoms with Crippen molar-refractivity contribution in [2.45, 2.75) is 6.29 Å². The summed E-state index contributed by atoms with van der Waals surface area (Å²) in [5.41, 5.74) is -0.765. The highest BCUT2D eigenvalue weighted by Gasteiger charge is 2.21. The molecule has 7 heteroatoms. The largest absolute Gasteiger partial charge is 0.364 e. The monoisotopic (exact) mass is 237 g/mol. The molecule has 0 aliphatic heterocycles. The Balaban J connectivity index is 3.39. The van der Waals surface area contributed by atoms with Crippen LogP contribution in [0.1, 0.15) is 11.9 Å². The molecule has 14 heavy (non-hydrogen) atoms. The van der Waals surface area contributed by atoms with Gasteiger partial charge in [0.25, 0.3) is 5.69 Å². The van der Waals surface area contributed by atoms with Gasteiger partial charge in [0.15, 0.2) is 6.29 Å². The van der Waals surface area contributed by atoms with E-state index in [9.17, 15) is 10.1 Å². The smallest absolute Gasteiger partial charge is 0.279 e. The van der Waals surface area contributed by atoms with Gasteiger partial charge >= 0.3 is 0 Å². The van der Waals surface area contributed by atoms with Crippen LogP contribution in [0.25, 0.3) is 0 Å². The molecule has 0 aliphatic rings. The maximum atomic E-state index is 10.5. The number of nitro benzene ring substituents is 1. The van der Waals surface area contributed by atoms with Gasteiger partial charge in [0, 0.05) is 6.07 Å². The minimum atomic E-state index is -1.95. The number of aliphatic hydroxyl groups is 2. The Morgan fingerprint density at radius 3 is 2.21 bits per heavy atom. The minimum Gasteiger partial charge on any atom is -0.364 e. The van der Waals surface area contributed by atoms with Crippen LogP contribution in [0.15, 0.2) is 12.1 Å². The Bertz CT molecular complexity index is 380. The first-order valence-electron chi connectivity index (χ1n) is 3.43. The molecule has 0 saturated heterocycles. The van der Waals surface area contributed by atoms with Gasteiger partial charge in [0.2, 0.25) is 0 Å². The quantitative estimate of drug-likeness (QED) is 0.468. The van der Waals surface area contributed by atoms with E-state index < -0.39 is 16.9 Å². The molecule has 0 spiro atoms. The number of nitrogens with zero attached hydrogens (tertiary/aromatic N) is 1. The summed E-state index contributed by atoms with van der Waals surface area (Å²) in [7, 11) is 0. The number of rotatable bonds is 2. The van der Waals surface area contributed by atoms with E-state index in [4.69, 9.17) is 33.4 Å². The lowest BCUT2D eigenvalue weighted by molar-refractivity contribution is -0.386. The summed E-state index contributed by atoms with van der Waals surface area (Å²) < 4.78 is 0. The van der Waals surface area contributed by atoms with E-state index in [0.717, 1.165) is 12.1 Å². The van der Waals surface area contributed by atoms with Crippen LogP contribution in [-0.2, 0) is 0 Å². The van der Waals surface area contributed by atoms with Crippen molar-refractivity contribution >= 4 is 28.9 Å². The third-order valence-electron chi connectivity index (χ3n) is 1.54. The van der Waals surface area contributed by atoms with Gasteiger partial charge < -0.3 is 10.2 Å². The number of nitro groups is 1. The standard InChI is InChI=1S/C7H5Cl2NO4/c8-4-1-3(7(11)12)6(10(13)14)2-5(4)9/h1-2,7,11-12H. The van der Waals surface area contributed by atoms with Crippen LogP contribution in [0.3, 0.4) is 0 Å². The molecule has 76 valence electrons. The van der Waals surface area contributed by atoms with Crippen molar-refractivity contribution in [2.75, 3.05) is 0 Å². The molecule has 0 radical (unpaired) electrons. The van der Waals surface area contributed by atoms with Crippen LogP contribution in [0, 0.1) is 10.1 Å². The third-order valence-corrected chi connectivity index (χ3v) is 2.27. The molecule has 0 heterocycles. The second kappa shape index (κ2) is 4.10. The van der Waals surface area contributed by atoms with Gasteiger partial charge in [-0.25, -0.2) is 0 Å². The summed E-state index contributed by atoms with van der Waals surface area (Å²) in [5.74, 6) is 0. The van der Waals surface area contributed by atoms with Crippen LogP contribution >= 0.6 is 23.2 Å². The first-order chi connectivity index (χ1) is 6.43. The Kier molecular flexibility index (Phi) is 3.28. The zero-order valence-electron chi connectivity index (χ0n) is 6.65. The van der Waals surface area contributed by atoms with E-state index in [2.05, 4.69) is 0 Å². The Hall–Kier alpha value is -0.880. The zero-order chi connectivity index (χ0) is 10.9. The molecule has 1 aromatic carbocycles. The van der Waals surface area contributed by atoms with Crippen LogP contribution < -0.4 is 0 Å². The van der Waals surface area contributed by atoms with Crippen LogP contribution in [0.5, 0.6) is 0 Å². The fourth-order valence-electron chi connectivity index (χ4n) is 0.917. The molecule has 0 fully saturated rings. The average Bonchev–Trinajstić information content (AvgIpc) is 2.08.